The summed E-state index contributed by atoms with van der Waals surface area (Å²) < 4.78 is 39.9. The highest BCUT2D eigenvalue weighted by Crippen LogP contribution is 2.19. The third-order valence-corrected chi connectivity index (χ3v) is 7.24. The quantitative estimate of drug-likeness (QED) is 0.649. The van der Waals surface area contributed by atoms with Gasteiger partial charge in [-0.3, -0.25) is 9.88 Å². The molecule has 0 atom stereocenters. The van der Waals surface area contributed by atoms with Crippen LogP contribution in [0.2, 0.25) is 0 Å². The molecule has 3 aromatic rings. The van der Waals surface area contributed by atoms with Crippen molar-refractivity contribution in [3.8, 4) is 0 Å². The molecule has 1 aromatic carbocycles. The van der Waals surface area contributed by atoms with Crippen LogP contribution < -0.4 is 5.32 Å². The highest BCUT2D eigenvalue weighted by molar-refractivity contribution is 7.89. The van der Waals surface area contributed by atoms with Crippen molar-refractivity contribution >= 4 is 26.7 Å². The second-order valence-electron chi connectivity index (χ2n) is 7.29. The van der Waals surface area contributed by atoms with Gasteiger partial charge in [0.1, 0.15) is 11.6 Å². The maximum atomic E-state index is 13.1. The van der Waals surface area contributed by atoms with Gasteiger partial charge in [-0.2, -0.15) is 4.31 Å². The first-order chi connectivity index (χ1) is 14.4. The highest BCUT2D eigenvalue weighted by Gasteiger charge is 2.28. The lowest BCUT2D eigenvalue weighted by molar-refractivity contribution is 0.194. The Hall–Kier alpha value is -2.62. The summed E-state index contributed by atoms with van der Waals surface area (Å²) in [5.41, 5.74) is 1.87. The number of pyridine rings is 2. The van der Waals surface area contributed by atoms with Gasteiger partial charge in [-0.1, -0.05) is 0 Å². The number of halogens is 1. The zero-order chi connectivity index (χ0) is 21.1. The number of anilines is 1. The van der Waals surface area contributed by atoms with Gasteiger partial charge in [0.2, 0.25) is 10.0 Å². The number of fused-ring (bicyclic) bond motifs is 1. The fraction of sp³-hybridized carbons (Fsp3) is 0.333. The lowest BCUT2D eigenvalue weighted by atomic mass is 10.2. The number of piperazine rings is 1. The smallest absolute Gasteiger partial charge is 0.243 e. The summed E-state index contributed by atoms with van der Waals surface area (Å²) in [4.78, 5) is 11.2. The predicted octanol–water partition coefficient (Wildman–Crippen LogP) is 2.50. The number of sulfonamides is 1. The van der Waals surface area contributed by atoms with E-state index in [1.807, 2.05) is 25.1 Å². The number of nitrogens with one attached hydrogen (secondary N) is 1. The summed E-state index contributed by atoms with van der Waals surface area (Å²) in [7, 11) is -3.58. The van der Waals surface area contributed by atoms with Gasteiger partial charge in [-0.05, 0) is 49.4 Å². The number of hydrogen-bond acceptors (Lipinski definition) is 6. The SMILES string of the molecule is Cc1nccc2nc(NCCN3CCN(S(=O)(=O)c4ccc(F)cc4)CC3)ccc12. The number of rotatable bonds is 6. The lowest BCUT2D eigenvalue weighted by Gasteiger charge is -2.34. The first-order valence-corrected chi connectivity index (χ1v) is 11.3. The van der Waals surface area contributed by atoms with E-state index in [1.54, 1.807) is 6.20 Å². The molecular weight excluding hydrogens is 405 g/mol. The molecule has 4 rings (SSSR count). The molecule has 1 aliphatic rings. The number of nitrogens with zero attached hydrogens (tertiary/aromatic N) is 4. The Labute approximate surface area is 175 Å². The Balaban J connectivity index is 1.28. The first kappa shape index (κ1) is 20.6. The fourth-order valence-electron chi connectivity index (χ4n) is 3.59. The van der Waals surface area contributed by atoms with Crippen LogP contribution >= 0.6 is 0 Å². The van der Waals surface area contributed by atoms with E-state index in [0.717, 1.165) is 29.0 Å². The van der Waals surface area contributed by atoms with Crippen molar-refractivity contribution in [1.29, 1.82) is 0 Å². The Morgan fingerprint density at radius 1 is 1.03 bits per heavy atom. The molecule has 0 bridgehead atoms. The Morgan fingerprint density at radius 3 is 2.50 bits per heavy atom. The summed E-state index contributed by atoms with van der Waals surface area (Å²) >= 11 is 0. The molecule has 1 fully saturated rings. The summed E-state index contributed by atoms with van der Waals surface area (Å²) in [6.45, 7) is 5.61. The first-order valence-electron chi connectivity index (χ1n) is 9.88. The minimum Gasteiger partial charge on any atom is -0.369 e. The van der Waals surface area contributed by atoms with Crippen LogP contribution in [0.5, 0.6) is 0 Å². The van der Waals surface area contributed by atoms with E-state index < -0.39 is 15.8 Å². The minimum absolute atomic E-state index is 0.131. The molecule has 2 aromatic heterocycles. The van der Waals surface area contributed by atoms with Crippen LogP contribution in [0.4, 0.5) is 10.2 Å². The van der Waals surface area contributed by atoms with Crippen LogP contribution in [0.15, 0.2) is 53.6 Å². The molecule has 0 amide bonds. The molecule has 1 N–H and O–H groups in total. The van der Waals surface area contributed by atoms with Crippen molar-refractivity contribution in [1.82, 2.24) is 19.2 Å². The van der Waals surface area contributed by atoms with Crippen molar-refractivity contribution in [2.75, 3.05) is 44.6 Å². The molecule has 3 heterocycles. The number of aryl methyl sites for hydroxylation is 1. The largest absolute Gasteiger partial charge is 0.369 e. The van der Waals surface area contributed by atoms with Gasteiger partial charge >= 0.3 is 0 Å². The van der Waals surface area contributed by atoms with E-state index in [9.17, 15) is 12.8 Å². The number of aromatic nitrogens is 2. The Kier molecular flexibility index (Phi) is 5.94. The van der Waals surface area contributed by atoms with Gasteiger partial charge in [0.25, 0.3) is 0 Å². The van der Waals surface area contributed by atoms with Crippen LogP contribution in [-0.4, -0.2) is 66.9 Å². The van der Waals surface area contributed by atoms with Crippen LogP contribution in [0.25, 0.3) is 10.9 Å². The second kappa shape index (κ2) is 8.63. The monoisotopic (exact) mass is 429 g/mol. The van der Waals surface area contributed by atoms with E-state index in [1.165, 1.54) is 28.6 Å². The van der Waals surface area contributed by atoms with Crippen molar-refractivity contribution in [2.24, 2.45) is 0 Å². The fourth-order valence-corrected chi connectivity index (χ4v) is 5.01. The summed E-state index contributed by atoms with van der Waals surface area (Å²) in [5.74, 6) is 0.365. The van der Waals surface area contributed by atoms with Crippen LogP contribution in [0, 0.1) is 12.7 Å². The van der Waals surface area contributed by atoms with E-state index in [0.29, 0.717) is 32.7 Å². The standard InChI is InChI=1S/C21H24FN5O2S/c1-16-19-6-7-21(25-20(19)8-9-23-16)24-10-11-26-12-14-27(15-13-26)30(28,29)18-4-2-17(22)3-5-18/h2-9H,10-15H2,1H3,(H,24,25). The summed E-state index contributed by atoms with van der Waals surface area (Å²) in [6.07, 6.45) is 1.76. The van der Waals surface area contributed by atoms with Crippen molar-refractivity contribution in [2.45, 2.75) is 11.8 Å². The summed E-state index contributed by atoms with van der Waals surface area (Å²) in [6, 6.07) is 10.8. The molecule has 1 saturated heterocycles. The van der Waals surface area contributed by atoms with Gasteiger partial charge in [0, 0.05) is 56.5 Å². The van der Waals surface area contributed by atoms with Gasteiger partial charge in [0.15, 0.2) is 0 Å². The van der Waals surface area contributed by atoms with E-state index >= 15 is 0 Å². The maximum absolute atomic E-state index is 13.1. The van der Waals surface area contributed by atoms with Crippen molar-refractivity contribution < 1.29 is 12.8 Å². The molecule has 9 heteroatoms. The van der Waals surface area contributed by atoms with Gasteiger partial charge in [-0.15, -0.1) is 0 Å². The predicted molar refractivity (Wildman–Crippen MR) is 114 cm³/mol. The highest BCUT2D eigenvalue weighted by atomic mass is 32.2. The number of hydrogen-bond donors (Lipinski definition) is 1. The molecule has 0 saturated carbocycles. The van der Waals surface area contributed by atoms with E-state index in [4.69, 9.17) is 0 Å². The minimum atomic E-state index is -3.58. The van der Waals surface area contributed by atoms with Gasteiger partial charge in [-0.25, -0.2) is 17.8 Å². The van der Waals surface area contributed by atoms with Crippen LogP contribution in [0.1, 0.15) is 5.69 Å². The maximum Gasteiger partial charge on any atom is 0.243 e. The summed E-state index contributed by atoms with van der Waals surface area (Å²) in [5, 5.41) is 4.38. The zero-order valence-electron chi connectivity index (χ0n) is 16.8. The normalized spacial score (nSPS) is 16.1. The third-order valence-electron chi connectivity index (χ3n) is 5.33. The van der Waals surface area contributed by atoms with Crippen molar-refractivity contribution in [3.63, 3.8) is 0 Å². The topological polar surface area (TPSA) is 78.4 Å². The molecule has 1 aliphatic heterocycles. The lowest BCUT2D eigenvalue weighted by Crippen LogP contribution is -2.49. The Bertz CT molecular complexity index is 1130. The molecule has 0 unspecified atom stereocenters. The molecule has 30 heavy (non-hydrogen) atoms. The molecule has 0 aliphatic carbocycles. The van der Waals surface area contributed by atoms with Crippen LogP contribution in [-0.2, 0) is 10.0 Å². The average molecular weight is 430 g/mol. The molecule has 7 nitrogen and oxygen atoms in total. The average Bonchev–Trinajstić information content (AvgIpc) is 2.75. The third kappa shape index (κ3) is 4.43. The molecule has 158 valence electrons. The van der Waals surface area contributed by atoms with E-state index in [2.05, 4.69) is 20.2 Å². The molecule has 0 spiro atoms. The van der Waals surface area contributed by atoms with Crippen molar-refractivity contribution in [3.05, 3.63) is 60.2 Å². The van der Waals surface area contributed by atoms with E-state index in [-0.39, 0.29) is 4.90 Å². The zero-order valence-corrected chi connectivity index (χ0v) is 17.6. The van der Waals surface area contributed by atoms with Gasteiger partial charge in [0.05, 0.1) is 10.4 Å². The number of benzene rings is 1. The Morgan fingerprint density at radius 2 is 1.77 bits per heavy atom. The second-order valence-corrected chi connectivity index (χ2v) is 9.22. The van der Waals surface area contributed by atoms with Gasteiger partial charge < -0.3 is 5.32 Å². The molecule has 0 radical (unpaired) electrons. The van der Waals surface area contributed by atoms with Crippen LogP contribution in [0.3, 0.4) is 0 Å². The molecular formula is C21H24FN5O2S.